The normalized spacial score (nSPS) is 9.71. The minimum atomic E-state index is -0.327. The van der Waals surface area contributed by atoms with Crippen LogP contribution in [0.1, 0.15) is 22.4 Å². The highest BCUT2D eigenvalue weighted by Crippen LogP contribution is 2.19. The molecule has 0 radical (unpaired) electrons. The van der Waals surface area contributed by atoms with Gasteiger partial charge in [-0.2, -0.15) is 10.5 Å². The molecule has 21 heavy (non-hydrogen) atoms. The van der Waals surface area contributed by atoms with E-state index in [0.717, 1.165) is 11.3 Å². The van der Waals surface area contributed by atoms with Crippen LogP contribution in [-0.2, 0) is 6.54 Å². The van der Waals surface area contributed by atoms with Crippen LogP contribution in [0.2, 0.25) is 0 Å². The Bertz CT molecular complexity index is 823. The number of rotatable bonds is 3. The third kappa shape index (κ3) is 2.77. The zero-order chi connectivity index (χ0) is 15.4. The fourth-order valence-corrected chi connectivity index (χ4v) is 2.08. The second kappa shape index (κ2) is 5.94. The van der Waals surface area contributed by atoms with Crippen molar-refractivity contribution in [2.45, 2.75) is 13.5 Å². The van der Waals surface area contributed by atoms with Gasteiger partial charge in [-0.15, -0.1) is 0 Å². The number of aromatic nitrogens is 1. The summed E-state index contributed by atoms with van der Waals surface area (Å²) in [5.41, 5.74) is 1.75. The number of nitriles is 2. The van der Waals surface area contributed by atoms with E-state index in [4.69, 9.17) is 15.3 Å². The highest BCUT2D eigenvalue weighted by Gasteiger charge is 2.09. The molecule has 104 valence electrons. The third-order valence-electron chi connectivity index (χ3n) is 3.24. The van der Waals surface area contributed by atoms with Crippen LogP contribution in [0.25, 0.3) is 0 Å². The Morgan fingerprint density at radius 2 is 1.86 bits per heavy atom. The lowest BCUT2D eigenvalue weighted by molar-refractivity contribution is 0.413. The average molecular weight is 279 g/mol. The van der Waals surface area contributed by atoms with Crippen molar-refractivity contribution >= 4 is 0 Å². The van der Waals surface area contributed by atoms with E-state index in [9.17, 15) is 4.79 Å². The van der Waals surface area contributed by atoms with Gasteiger partial charge in [0.1, 0.15) is 23.5 Å². The average Bonchev–Trinajstić information content (AvgIpc) is 2.51. The van der Waals surface area contributed by atoms with E-state index in [0.29, 0.717) is 17.9 Å². The van der Waals surface area contributed by atoms with Crippen molar-refractivity contribution in [2.24, 2.45) is 0 Å². The number of nitrogens with zero attached hydrogens (tertiary/aromatic N) is 3. The first-order chi connectivity index (χ1) is 10.1. The summed E-state index contributed by atoms with van der Waals surface area (Å²) in [7, 11) is 1.50. The summed E-state index contributed by atoms with van der Waals surface area (Å²) in [5.74, 6) is 0.496. The third-order valence-corrected chi connectivity index (χ3v) is 3.24. The molecule has 5 heteroatoms. The second-order valence-corrected chi connectivity index (χ2v) is 4.54. The van der Waals surface area contributed by atoms with E-state index in [-0.39, 0.29) is 11.1 Å². The predicted octanol–water partition coefficient (Wildman–Crippen LogP) is 1.96. The minimum Gasteiger partial charge on any atom is -0.495 e. The zero-order valence-corrected chi connectivity index (χ0v) is 11.8. The van der Waals surface area contributed by atoms with Crippen molar-refractivity contribution < 1.29 is 4.74 Å². The Hall–Kier alpha value is -3.05. The van der Waals surface area contributed by atoms with Crippen molar-refractivity contribution in [3.8, 4) is 17.9 Å². The molecule has 0 N–H and O–H groups in total. The van der Waals surface area contributed by atoms with Gasteiger partial charge in [-0.05, 0) is 36.8 Å². The predicted molar refractivity (Wildman–Crippen MR) is 77.0 cm³/mol. The molecule has 0 atom stereocenters. The lowest BCUT2D eigenvalue weighted by atomic mass is 10.1. The van der Waals surface area contributed by atoms with Crippen molar-refractivity contribution in [2.75, 3.05) is 7.11 Å². The highest BCUT2D eigenvalue weighted by molar-refractivity contribution is 5.45. The maximum absolute atomic E-state index is 12.2. The first kappa shape index (κ1) is 14.4. The largest absolute Gasteiger partial charge is 0.495 e. The molecule has 1 aromatic heterocycles. The van der Waals surface area contributed by atoms with Crippen LogP contribution in [-0.4, -0.2) is 11.7 Å². The Labute approximate surface area is 122 Å². The number of hydrogen-bond acceptors (Lipinski definition) is 4. The lowest BCUT2D eigenvalue weighted by Crippen LogP contribution is -2.24. The molecule has 0 saturated carbocycles. The minimum absolute atomic E-state index is 0.106. The standard InChI is InChI=1S/C16H13N3O2/c1-11-3-5-13(8-17)16(20)19(11)10-12-4-6-15(21-2)14(7-12)9-18/h3-7H,10H2,1-2H3. The SMILES string of the molecule is COc1ccc(Cn2c(C)ccc(C#N)c2=O)cc1C#N. The smallest absolute Gasteiger partial charge is 0.268 e. The fraction of sp³-hybridized carbons (Fsp3) is 0.188. The molecule has 0 bridgehead atoms. The molecule has 2 rings (SSSR count). The molecule has 0 saturated heterocycles. The zero-order valence-electron chi connectivity index (χ0n) is 11.8. The van der Waals surface area contributed by atoms with E-state index in [1.165, 1.54) is 17.7 Å². The van der Waals surface area contributed by atoms with Gasteiger partial charge in [0.2, 0.25) is 0 Å². The van der Waals surface area contributed by atoms with Gasteiger partial charge < -0.3 is 9.30 Å². The molecule has 0 amide bonds. The van der Waals surface area contributed by atoms with E-state index >= 15 is 0 Å². The van der Waals surface area contributed by atoms with Crippen LogP contribution >= 0.6 is 0 Å². The van der Waals surface area contributed by atoms with Gasteiger partial charge in [-0.1, -0.05) is 6.07 Å². The Morgan fingerprint density at radius 3 is 2.48 bits per heavy atom. The number of benzene rings is 1. The molecular weight excluding hydrogens is 266 g/mol. The molecule has 5 nitrogen and oxygen atoms in total. The van der Waals surface area contributed by atoms with Crippen LogP contribution in [0.4, 0.5) is 0 Å². The van der Waals surface area contributed by atoms with Crippen LogP contribution in [0, 0.1) is 29.6 Å². The van der Waals surface area contributed by atoms with Crippen molar-refractivity contribution in [3.63, 3.8) is 0 Å². The molecule has 2 aromatic rings. The van der Waals surface area contributed by atoms with E-state index < -0.39 is 0 Å². The van der Waals surface area contributed by atoms with Crippen molar-refractivity contribution in [1.82, 2.24) is 4.57 Å². The van der Waals surface area contributed by atoms with E-state index in [1.54, 1.807) is 31.2 Å². The summed E-state index contributed by atoms with van der Waals surface area (Å²) in [6.07, 6.45) is 0. The van der Waals surface area contributed by atoms with E-state index in [2.05, 4.69) is 6.07 Å². The molecule has 0 aliphatic carbocycles. The molecule has 0 spiro atoms. The van der Waals surface area contributed by atoms with Gasteiger partial charge in [0.15, 0.2) is 0 Å². The summed E-state index contributed by atoms with van der Waals surface area (Å²) in [4.78, 5) is 12.2. The number of methoxy groups -OCH3 is 1. The molecule has 0 aliphatic heterocycles. The monoisotopic (exact) mass is 279 g/mol. The van der Waals surface area contributed by atoms with Crippen LogP contribution in [0.5, 0.6) is 5.75 Å². The number of pyridine rings is 1. The quantitative estimate of drug-likeness (QED) is 0.860. The van der Waals surface area contributed by atoms with Crippen LogP contribution in [0.15, 0.2) is 35.1 Å². The Balaban J connectivity index is 2.47. The van der Waals surface area contributed by atoms with Gasteiger partial charge in [0, 0.05) is 5.69 Å². The summed E-state index contributed by atoms with van der Waals surface area (Å²) < 4.78 is 6.61. The highest BCUT2D eigenvalue weighted by atomic mass is 16.5. The maximum Gasteiger partial charge on any atom is 0.268 e. The van der Waals surface area contributed by atoms with Crippen molar-refractivity contribution in [1.29, 1.82) is 10.5 Å². The second-order valence-electron chi connectivity index (χ2n) is 4.54. The van der Waals surface area contributed by atoms with Gasteiger partial charge in [0.25, 0.3) is 5.56 Å². The molecular formula is C16H13N3O2. The maximum atomic E-state index is 12.2. The van der Waals surface area contributed by atoms with Gasteiger partial charge in [-0.25, -0.2) is 0 Å². The molecule has 1 aromatic carbocycles. The molecule has 0 fully saturated rings. The molecule has 1 heterocycles. The molecule has 0 unspecified atom stereocenters. The van der Waals surface area contributed by atoms with Gasteiger partial charge >= 0.3 is 0 Å². The van der Waals surface area contributed by atoms with E-state index in [1.807, 2.05) is 6.07 Å². The number of ether oxygens (including phenoxy) is 1. The Kier molecular flexibility index (Phi) is 4.06. The van der Waals surface area contributed by atoms with Gasteiger partial charge in [0.05, 0.1) is 19.2 Å². The van der Waals surface area contributed by atoms with Crippen LogP contribution < -0.4 is 10.3 Å². The number of aryl methyl sites for hydroxylation is 1. The van der Waals surface area contributed by atoms with Crippen LogP contribution in [0.3, 0.4) is 0 Å². The van der Waals surface area contributed by atoms with Gasteiger partial charge in [-0.3, -0.25) is 4.79 Å². The van der Waals surface area contributed by atoms with Crippen molar-refractivity contribution in [3.05, 3.63) is 63.1 Å². The topological polar surface area (TPSA) is 78.8 Å². The summed E-state index contributed by atoms with van der Waals surface area (Å²) >= 11 is 0. The summed E-state index contributed by atoms with van der Waals surface area (Å²) in [5, 5.41) is 18.0. The fourth-order valence-electron chi connectivity index (χ4n) is 2.08. The first-order valence-corrected chi connectivity index (χ1v) is 6.28. The molecule has 0 aliphatic rings. The first-order valence-electron chi connectivity index (χ1n) is 6.28. The summed E-state index contributed by atoms with van der Waals surface area (Å²) in [6, 6.07) is 12.4. The Morgan fingerprint density at radius 1 is 1.14 bits per heavy atom. The summed E-state index contributed by atoms with van der Waals surface area (Å²) in [6.45, 7) is 2.11. The lowest BCUT2D eigenvalue weighted by Gasteiger charge is -2.11. The number of hydrogen-bond donors (Lipinski definition) is 0.